The summed E-state index contributed by atoms with van der Waals surface area (Å²) in [4.78, 5) is 16.8. The molecule has 1 aliphatic rings. The number of nitrogens with one attached hydrogen (secondary N) is 2. The van der Waals surface area contributed by atoms with E-state index in [1.807, 2.05) is 0 Å². The van der Waals surface area contributed by atoms with Gasteiger partial charge in [-0.2, -0.15) is 0 Å². The van der Waals surface area contributed by atoms with Crippen molar-refractivity contribution in [3.8, 4) is 5.75 Å². The van der Waals surface area contributed by atoms with Crippen LogP contribution in [0.4, 0.5) is 5.69 Å². The van der Waals surface area contributed by atoms with E-state index < -0.39 is 10.0 Å². The van der Waals surface area contributed by atoms with Gasteiger partial charge in [-0.25, -0.2) is 8.42 Å². The minimum absolute atomic E-state index is 0.124. The predicted molar refractivity (Wildman–Crippen MR) is 108 cm³/mol. The molecule has 1 heterocycles. The van der Waals surface area contributed by atoms with Crippen LogP contribution in [0.15, 0.2) is 58.4 Å². The van der Waals surface area contributed by atoms with Gasteiger partial charge in [-0.15, -0.1) is 0 Å². The van der Waals surface area contributed by atoms with Crippen LogP contribution in [0, 0.1) is 0 Å². The first kappa shape index (κ1) is 19.9. The lowest BCUT2D eigenvalue weighted by Gasteiger charge is -2.11. The summed E-state index contributed by atoms with van der Waals surface area (Å²) in [5, 5.41) is 2.74. The lowest BCUT2D eigenvalue weighted by atomic mass is 10.2. The maximum absolute atomic E-state index is 12.5. The molecule has 8 heteroatoms. The molecule has 0 aliphatic carbocycles. The first-order chi connectivity index (χ1) is 13.5. The van der Waals surface area contributed by atoms with Gasteiger partial charge >= 0.3 is 0 Å². The Balaban J connectivity index is 1.68. The lowest BCUT2D eigenvalue weighted by Crippen LogP contribution is -2.30. The maximum Gasteiger partial charge on any atom is 0.262 e. The van der Waals surface area contributed by atoms with Crippen molar-refractivity contribution >= 4 is 27.5 Å². The highest BCUT2D eigenvalue weighted by molar-refractivity contribution is 7.90. The molecule has 0 bridgehead atoms. The summed E-state index contributed by atoms with van der Waals surface area (Å²) >= 11 is 0. The van der Waals surface area contributed by atoms with Crippen molar-refractivity contribution in [3.63, 3.8) is 0 Å². The molecule has 28 heavy (non-hydrogen) atoms. The van der Waals surface area contributed by atoms with Gasteiger partial charge < -0.3 is 10.1 Å². The molecule has 0 fully saturated rings. The standard InChI is InChI=1S/C20H23N3O4S/c1-27-17-7-5-6-15(14-17)20(24)22-16-9-11-18(12-10-16)28(25,26)23-19-8-3-2-4-13-21-19/h5-7,9-12,14H,2-4,8,13H2,1H3,(H,21,23)(H,22,24). The summed E-state index contributed by atoms with van der Waals surface area (Å²) in [7, 11) is -2.16. The van der Waals surface area contributed by atoms with E-state index in [1.165, 1.54) is 19.2 Å². The first-order valence-corrected chi connectivity index (χ1v) is 10.6. The van der Waals surface area contributed by atoms with Crippen molar-refractivity contribution in [3.05, 3.63) is 54.1 Å². The van der Waals surface area contributed by atoms with Crippen LogP contribution < -0.4 is 14.8 Å². The van der Waals surface area contributed by atoms with E-state index in [4.69, 9.17) is 4.74 Å². The molecule has 1 amide bonds. The zero-order chi connectivity index (χ0) is 20.0. The Morgan fingerprint density at radius 3 is 2.61 bits per heavy atom. The summed E-state index contributed by atoms with van der Waals surface area (Å²) in [6, 6.07) is 12.8. The van der Waals surface area contributed by atoms with E-state index in [9.17, 15) is 13.2 Å². The zero-order valence-electron chi connectivity index (χ0n) is 15.6. The highest BCUT2D eigenvalue weighted by Gasteiger charge is 2.17. The molecule has 148 valence electrons. The summed E-state index contributed by atoms with van der Waals surface area (Å²) < 4.78 is 32.8. The Morgan fingerprint density at radius 2 is 1.86 bits per heavy atom. The fourth-order valence-corrected chi connectivity index (χ4v) is 3.95. The number of methoxy groups -OCH3 is 1. The summed E-state index contributed by atoms with van der Waals surface area (Å²) in [5.41, 5.74) is 0.947. The number of sulfonamides is 1. The van der Waals surface area contributed by atoms with Gasteiger partial charge in [-0.1, -0.05) is 12.5 Å². The molecule has 0 aromatic heterocycles. The number of amides is 1. The van der Waals surface area contributed by atoms with Crippen LogP contribution in [0.3, 0.4) is 0 Å². The molecule has 0 unspecified atom stereocenters. The SMILES string of the molecule is COc1cccc(C(=O)Nc2ccc(S(=O)(=O)NC3=NCCCCC3)cc2)c1. The van der Waals surface area contributed by atoms with Crippen molar-refractivity contribution in [2.75, 3.05) is 19.0 Å². The van der Waals surface area contributed by atoms with E-state index in [0.717, 1.165) is 19.3 Å². The molecular formula is C20H23N3O4S. The Labute approximate surface area is 164 Å². The van der Waals surface area contributed by atoms with E-state index >= 15 is 0 Å². The molecule has 2 aromatic carbocycles. The van der Waals surface area contributed by atoms with Gasteiger partial charge in [0.1, 0.15) is 11.6 Å². The third-order valence-electron chi connectivity index (χ3n) is 4.38. The highest BCUT2D eigenvalue weighted by atomic mass is 32.2. The molecule has 0 saturated heterocycles. The second-order valence-electron chi connectivity index (χ2n) is 6.46. The van der Waals surface area contributed by atoms with Gasteiger partial charge in [-0.05, 0) is 55.3 Å². The molecular weight excluding hydrogens is 378 g/mol. The molecule has 0 spiro atoms. The monoisotopic (exact) mass is 401 g/mol. The van der Waals surface area contributed by atoms with E-state index in [-0.39, 0.29) is 10.8 Å². The lowest BCUT2D eigenvalue weighted by molar-refractivity contribution is 0.102. The molecule has 2 aromatic rings. The van der Waals surface area contributed by atoms with E-state index in [0.29, 0.717) is 35.8 Å². The Morgan fingerprint density at radius 1 is 1.07 bits per heavy atom. The zero-order valence-corrected chi connectivity index (χ0v) is 16.5. The molecule has 0 saturated carbocycles. The Bertz CT molecular complexity index is 969. The number of benzene rings is 2. The number of anilines is 1. The van der Waals surface area contributed by atoms with Gasteiger partial charge in [-0.3, -0.25) is 14.5 Å². The fourth-order valence-electron chi connectivity index (χ4n) is 2.86. The smallest absolute Gasteiger partial charge is 0.262 e. The number of carbonyl (C=O) groups excluding carboxylic acids is 1. The number of nitrogens with zero attached hydrogens (tertiary/aromatic N) is 1. The molecule has 7 nitrogen and oxygen atoms in total. The molecule has 0 radical (unpaired) electrons. The number of carbonyl (C=O) groups is 1. The third-order valence-corrected chi connectivity index (χ3v) is 5.78. The van der Waals surface area contributed by atoms with Crippen LogP contribution in [0.2, 0.25) is 0 Å². The fraction of sp³-hybridized carbons (Fsp3) is 0.300. The number of aliphatic imine (C=N–C) groups is 1. The highest BCUT2D eigenvalue weighted by Crippen LogP contribution is 2.18. The molecule has 0 atom stereocenters. The summed E-state index contributed by atoms with van der Waals surface area (Å²) in [6.07, 6.45) is 3.59. The van der Waals surface area contributed by atoms with E-state index in [2.05, 4.69) is 15.0 Å². The first-order valence-electron chi connectivity index (χ1n) is 9.09. The van der Waals surface area contributed by atoms with Gasteiger partial charge in [0.05, 0.1) is 12.0 Å². The quantitative estimate of drug-likeness (QED) is 0.804. The second-order valence-corrected chi connectivity index (χ2v) is 8.14. The minimum Gasteiger partial charge on any atom is -0.497 e. The average molecular weight is 401 g/mol. The third kappa shape index (κ3) is 5.10. The molecule has 2 N–H and O–H groups in total. The average Bonchev–Trinajstić information content (AvgIpc) is 2.96. The number of amidine groups is 1. The minimum atomic E-state index is -3.69. The number of ether oxygens (including phenoxy) is 1. The molecule has 3 rings (SSSR count). The van der Waals surface area contributed by atoms with Crippen molar-refractivity contribution < 1.29 is 17.9 Å². The molecule has 1 aliphatic heterocycles. The van der Waals surface area contributed by atoms with Gasteiger partial charge in [0.25, 0.3) is 15.9 Å². The van der Waals surface area contributed by atoms with Crippen LogP contribution in [-0.4, -0.2) is 33.8 Å². The number of hydrogen-bond acceptors (Lipinski definition) is 5. The van der Waals surface area contributed by atoms with Gasteiger partial charge in [0, 0.05) is 24.2 Å². The topological polar surface area (TPSA) is 96.9 Å². The van der Waals surface area contributed by atoms with Crippen LogP contribution >= 0.6 is 0 Å². The second kappa shape index (κ2) is 8.88. The number of rotatable bonds is 5. The van der Waals surface area contributed by atoms with Gasteiger partial charge in [0.15, 0.2) is 0 Å². The normalized spacial score (nSPS) is 14.5. The largest absolute Gasteiger partial charge is 0.497 e. The van der Waals surface area contributed by atoms with Crippen LogP contribution in [0.5, 0.6) is 5.75 Å². The van der Waals surface area contributed by atoms with Crippen LogP contribution in [-0.2, 0) is 10.0 Å². The Kier molecular flexibility index (Phi) is 6.30. The van der Waals surface area contributed by atoms with Crippen molar-refractivity contribution in [2.45, 2.75) is 30.6 Å². The van der Waals surface area contributed by atoms with Gasteiger partial charge in [0.2, 0.25) is 0 Å². The van der Waals surface area contributed by atoms with Crippen molar-refractivity contribution in [1.29, 1.82) is 0 Å². The van der Waals surface area contributed by atoms with E-state index in [1.54, 1.807) is 36.4 Å². The van der Waals surface area contributed by atoms with Crippen LogP contribution in [0.25, 0.3) is 0 Å². The number of hydrogen-bond donors (Lipinski definition) is 2. The summed E-state index contributed by atoms with van der Waals surface area (Å²) in [5.74, 6) is 0.787. The Hall–Kier alpha value is -2.87. The van der Waals surface area contributed by atoms with Crippen LogP contribution in [0.1, 0.15) is 36.0 Å². The summed E-state index contributed by atoms with van der Waals surface area (Å²) in [6.45, 7) is 0.646. The van der Waals surface area contributed by atoms with Crippen molar-refractivity contribution in [1.82, 2.24) is 4.72 Å². The van der Waals surface area contributed by atoms with Crippen molar-refractivity contribution in [2.24, 2.45) is 4.99 Å². The maximum atomic E-state index is 12.5. The predicted octanol–water partition coefficient (Wildman–Crippen LogP) is 3.20.